The number of fused-ring (bicyclic) bond motifs is 1. The maximum absolute atomic E-state index is 11.6. The number of hydrogen-bond donors (Lipinski definition) is 1. The van der Waals surface area contributed by atoms with Crippen molar-refractivity contribution in [2.75, 3.05) is 12.4 Å². The van der Waals surface area contributed by atoms with Gasteiger partial charge < -0.3 is 9.88 Å². The molecule has 5 rings (SSSR count). The van der Waals surface area contributed by atoms with Gasteiger partial charge in [0.25, 0.3) is 0 Å². The minimum Gasteiger partial charge on any atom is -0.326 e. The van der Waals surface area contributed by atoms with Gasteiger partial charge in [0.15, 0.2) is 0 Å². The van der Waals surface area contributed by atoms with E-state index in [1.807, 2.05) is 67.7 Å². The normalized spacial score (nSPS) is 11.7. The highest BCUT2D eigenvalue weighted by Gasteiger charge is 2.15. The third-order valence-electron chi connectivity index (χ3n) is 6.02. The van der Waals surface area contributed by atoms with E-state index in [-0.39, 0.29) is 5.91 Å². The van der Waals surface area contributed by atoms with Gasteiger partial charge in [-0.25, -0.2) is 0 Å². The van der Waals surface area contributed by atoms with E-state index < -0.39 is 0 Å². The summed E-state index contributed by atoms with van der Waals surface area (Å²) in [5, 5.41) is 3.66. The average molecular weight is 481 g/mol. The van der Waals surface area contributed by atoms with Crippen LogP contribution in [0.25, 0.3) is 27.8 Å². The van der Waals surface area contributed by atoms with Crippen molar-refractivity contribution in [3.63, 3.8) is 0 Å². The van der Waals surface area contributed by atoms with E-state index >= 15 is 0 Å². The SMILES string of the molecule is C/N=c1\n(Cc2ccccc2Cl)c2ccccc2n1-c1ccc(-c2ccccc2NC(C)=O)cc1. The number of hydrogen-bond acceptors (Lipinski definition) is 2. The first-order chi connectivity index (χ1) is 17.1. The first-order valence-electron chi connectivity index (χ1n) is 11.4. The van der Waals surface area contributed by atoms with Crippen molar-refractivity contribution in [3.8, 4) is 16.8 Å². The maximum Gasteiger partial charge on any atom is 0.221 e. The van der Waals surface area contributed by atoms with E-state index in [0.717, 1.165) is 49.7 Å². The van der Waals surface area contributed by atoms with Crippen LogP contribution in [0, 0.1) is 0 Å². The van der Waals surface area contributed by atoms with Crippen molar-refractivity contribution < 1.29 is 4.79 Å². The Morgan fingerprint density at radius 2 is 1.51 bits per heavy atom. The van der Waals surface area contributed by atoms with Crippen LogP contribution in [-0.4, -0.2) is 22.1 Å². The Labute approximate surface area is 209 Å². The van der Waals surface area contributed by atoms with Gasteiger partial charge >= 0.3 is 0 Å². The molecule has 1 heterocycles. The molecule has 0 saturated heterocycles. The van der Waals surface area contributed by atoms with Gasteiger partial charge in [-0.05, 0) is 47.5 Å². The lowest BCUT2D eigenvalue weighted by molar-refractivity contribution is -0.114. The highest BCUT2D eigenvalue weighted by Crippen LogP contribution is 2.29. The minimum absolute atomic E-state index is 0.0925. The van der Waals surface area contributed by atoms with E-state index in [1.54, 1.807) is 0 Å². The molecule has 1 aromatic heterocycles. The second-order valence-electron chi connectivity index (χ2n) is 8.30. The van der Waals surface area contributed by atoms with Crippen LogP contribution in [-0.2, 0) is 11.3 Å². The molecule has 0 unspecified atom stereocenters. The molecule has 6 heteroatoms. The number of amides is 1. The van der Waals surface area contributed by atoms with Gasteiger partial charge in [0, 0.05) is 35.9 Å². The number of carbonyl (C=O) groups is 1. The second kappa shape index (κ2) is 9.65. The van der Waals surface area contributed by atoms with Gasteiger partial charge in [0.05, 0.1) is 17.6 Å². The summed E-state index contributed by atoms with van der Waals surface area (Å²) in [6.07, 6.45) is 0. The van der Waals surface area contributed by atoms with Crippen LogP contribution in [0.4, 0.5) is 5.69 Å². The summed E-state index contributed by atoms with van der Waals surface area (Å²) in [5.41, 5.74) is 7.80. The second-order valence-corrected chi connectivity index (χ2v) is 8.71. The molecule has 0 radical (unpaired) electrons. The largest absolute Gasteiger partial charge is 0.326 e. The predicted molar refractivity (Wildman–Crippen MR) is 143 cm³/mol. The van der Waals surface area contributed by atoms with Gasteiger partial charge in [-0.2, -0.15) is 0 Å². The molecule has 5 nitrogen and oxygen atoms in total. The molecule has 5 aromatic rings. The summed E-state index contributed by atoms with van der Waals surface area (Å²) in [4.78, 5) is 16.3. The van der Waals surface area contributed by atoms with Gasteiger partial charge in [-0.1, -0.05) is 72.3 Å². The smallest absolute Gasteiger partial charge is 0.221 e. The van der Waals surface area contributed by atoms with Crippen LogP contribution in [0.5, 0.6) is 0 Å². The van der Waals surface area contributed by atoms with Crippen molar-refractivity contribution in [2.45, 2.75) is 13.5 Å². The van der Waals surface area contributed by atoms with Crippen LogP contribution < -0.4 is 10.9 Å². The summed E-state index contributed by atoms with van der Waals surface area (Å²) in [7, 11) is 1.81. The summed E-state index contributed by atoms with van der Waals surface area (Å²) in [6, 6.07) is 32.3. The number of anilines is 1. The number of halogens is 1. The Kier molecular flexibility index (Phi) is 6.25. The molecule has 0 aliphatic carbocycles. The Balaban J connectivity index is 1.62. The quantitative estimate of drug-likeness (QED) is 0.316. The first kappa shape index (κ1) is 22.7. The third kappa shape index (κ3) is 4.38. The third-order valence-corrected chi connectivity index (χ3v) is 6.38. The fourth-order valence-corrected chi connectivity index (χ4v) is 4.66. The Bertz CT molecular complexity index is 1600. The van der Waals surface area contributed by atoms with Crippen LogP contribution in [0.2, 0.25) is 5.02 Å². The van der Waals surface area contributed by atoms with Crippen molar-refractivity contribution in [1.29, 1.82) is 0 Å². The first-order valence-corrected chi connectivity index (χ1v) is 11.8. The van der Waals surface area contributed by atoms with Crippen LogP contribution in [0.3, 0.4) is 0 Å². The molecule has 0 fully saturated rings. The highest BCUT2D eigenvalue weighted by atomic mass is 35.5. The number of aromatic nitrogens is 2. The summed E-state index contributed by atoms with van der Waals surface area (Å²) < 4.78 is 4.35. The van der Waals surface area contributed by atoms with Crippen molar-refractivity contribution >= 4 is 34.2 Å². The van der Waals surface area contributed by atoms with Crippen molar-refractivity contribution in [2.24, 2.45) is 4.99 Å². The number of nitrogens with one attached hydrogen (secondary N) is 1. The molecule has 1 amide bonds. The Hall–Kier alpha value is -4.09. The number of rotatable bonds is 5. The highest BCUT2D eigenvalue weighted by molar-refractivity contribution is 6.31. The van der Waals surface area contributed by atoms with Crippen LogP contribution in [0.1, 0.15) is 12.5 Å². The topological polar surface area (TPSA) is 51.3 Å². The number of imidazole rings is 1. The molecular formula is C29H25ClN4O. The van der Waals surface area contributed by atoms with Gasteiger partial charge in [-0.3, -0.25) is 14.4 Å². The molecule has 0 atom stereocenters. The summed E-state index contributed by atoms with van der Waals surface area (Å²) in [5.74, 6) is -0.0925. The molecule has 35 heavy (non-hydrogen) atoms. The summed E-state index contributed by atoms with van der Waals surface area (Å²) >= 11 is 6.49. The predicted octanol–water partition coefficient (Wildman–Crippen LogP) is 6.29. The zero-order valence-electron chi connectivity index (χ0n) is 19.6. The summed E-state index contributed by atoms with van der Waals surface area (Å²) in [6.45, 7) is 2.13. The molecule has 0 aliphatic heterocycles. The standard InChI is InChI=1S/C29H25ClN4O/c1-20(35)32-26-12-6-4-10-24(26)21-15-17-23(18-16-21)34-28-14-8-7-13-27(28)33(29(34)31-2)19-22-9-3-5-11-25(22)30/h3-18H,19H2,1-2H3,(H,32,35)/b31-29+. The van der Waals surface area contributed by atoms with E-state index in [2.05, 4.69) is 55.8 Å². The van der Waals surface area contributed by atoms with E-state index in [1.165, 1.54) is 6.92 Å². The number of benzene rings is 4. The van der Waals surface area contributed by atoms with Crippen LogP contribution >= 0.6 is 11.6 Å². The number of para-hydroxylation sites is 3. The average Bonchev–Trinajstić information content (AvgIpc) is 3.19. The van der Waals surface area contributed by atoms with Gasteiger partial charge in [0.2, 0.25) is 11.5 Å². The molecule has 0 bridgehead atoms. The van der Waals surface area contributed by atoms with Crippen LogP contribution in [0.15, 0.2) is 102 Å². The maximum atomic E-state index is 11.6. The lowest BCUT2D eigenvalue weighted by Crippen LogP contribution is -2.25. The zero-order valence-corrected chi connectivity index (χ0v) is 20.3. The van der Waals surface area contributed by atoms with Crippen molar-refractivity contribution in [3.05, 3.63) is 113 Å². The molecule has 0 saturated carbocycles. The fourth-order valence-electron chi connectivity index (χ4n) is 4.47. The Morgan fingerprint density at radius 1 is 0.857 bits per heavy atom. The van der Waals surface area contributed by atoms with Gasteiger partial charge in [-0.15, -0.1) is 0 Å². The van der Waals surface area contributed by atoms with E-state index in [4.69, 9.17) is 11.6 Å². The lowest BCUT2D eigenvalue weighted by Gasteiger charge is -2.11. The van der Waals surface area contributed by atoms with Crippen molar-refractivity contribution in [1.82, 2.24) is 9.13 Å². The molecule has 4 aromatic carbocycles. The lowest BCUT2D eigenvalue weighted by atomic mass is 10.0. The number of carbonyl (C=O) groups excluding carboxylic acids is 1. The molecular weight excluding hydrogens is 456 g/mol. The Morgan fingerprint density at radius 3 is 2.23 bits per heavy atom. The fraction of sp³-hybridized carbons (Fsp3) is 0.103. The molecule has 1 N–H and O–H groups in total. The van der Waals surface area contributed by atoms with E-state index in [9.17, 15) is 4.79 Å². The monoisotopic (exact) mass is 480 g/mol. The minimum atomic E-state index is -0.0925. The van der Waals surface area contributed by atoms with E-state index in [0.29, 0.717) is 6.54 Å². The molecule has 0 spiro atoms. The molecule has 0 aliphatic rings. The van der Waals surface area contributed by atoms with Gasteiger partial charge in [0.1, 0.15) is 0 Å². The zero-order chi connectivity index (χ0) is 24.4. The molecule has 174 valence electrons. The number of nitrogens with zero attached hydrogens (tertiary/aromatic N) is 3.